The maximum absolute atomic E-state index is 12.8. The van der Waals surface area contributed by atoms with E-state index < -0.39 is 0 Å². The van der Waals surface area contributed by atoms with Gasteiger partial charge in [0, 0.05) is 18.3 Å². The number of carbonyl (C=O) groups is 1. The highest BCUT2D eigenvalue weighted by Crippen LogP contribution is 2.34. The van der Waals surface area contributed by atoms with Crippen LogP contribution in [0.5, 0.6) is 5.75 Å². The first kappa shape index (κ1) is 16.0. The maximum Gasteiger partial charge on any atom is 0.273 e. The van der Waals surface area contributed by atoms with Gasteiger partial charge in [0.1, 0.15) is 11.4 Å². The molecule has 1 amide bonds. The third kappa shape index (κ3) is 3.38. The van der Waals surface area contributed by atoms with Crippen molar-refractivity contribution in [2.45, 2.75) is 25.3 Å². The SMILES string of the molecule is COc1cccc(C2CCCN2C(=O)c2csc(CCN)n2)c1. The minimum Gasteiger partial charge on any atom is -0.497 e. The summed E-state index contributed by atoms with van der Waals surface area (Å²) in [6.45, 7) is 1.32. The molecule has 23 heavy (non-hydrogen) atoms. The van der Waals surface area contributed by atoms with E-state index in [1.165, 1.54) is 11.3 Å². The Hall–Kier alpha value is -1.92. The number of carbonyl (C=O) groups excluding carboxylic acids is 1. The Morgan fingerprint density at radius 2 is 2.39 bits per heavy atom. The molecule has 3 rings (SSSR count). The molecule has 2 N–H and O–H groups in total. The van der Waals surface area contributed by atoms with E-state index in [4.69, 9.17) is 10.5 Å². The lowest BCUT2D eigenvalue weighted by molar-refractivity contribution is 0.0730. The molecular weight excluding hydrogens is 310 g/mol. The molecule has 5 nitrogen and oxygen atoms in total. The van der Waals surface area contributed by atoms with Crippen LogP contribution in [0, 0.1) is 0 Å². The molecule has 2 aromatic rings. The van der Waals surface area contributed by atoms with Gasteiger partial charge >= 0.3 is 0 Å². The van der Waals surface area contributed by atoms with Gasteiger partial charge in [-0.1, -0.05) is 12.1 Å². The number of ether oxygens (including phenoxy) is 1. The Kier molecular flexibility index (Phi) is 4.93. The van der Waals surface area contributed by atoms with Crippen molar-refractivity contribution in [3.8, 4) is 5.75 Å². The number of aromatic nitrogens is 1. The van der Waals surface area contributed by atoms with E-state index in [1.807, 2.05) is 28.5 Å². The van der Waals surface area contributed by atoms with Crippen molar-refractivity contribution in [1.29, 1.82) is 0 Å². The molecule has 6 heteroatoms. The van der Waals surface area contributed by atoms with Crippen molar-refractivity contribution >= 4 is 17.2 Å². The van der Waals surface area contributed by atoms with Gasteiger partial charge in [-0.05, 0) is 37.1 Å². The molecule has 0 saturated carbocycles. The van der Waals surface area contributed by atoms with E-state index in [9.17, 15) is 4.79 Å². The summed E-state index contributed by atoms with van der Waals surface area (Å²) in [7, 11) is 1.66. The molecule has 1 aliphatic heterocycles. The fourth-order valence-electron chi connectivity index (χ4n) is 3.00. The molecule has 1 fully saturated rings. The average molecular weight is 331 g/mol. The third-order valence-electron chi connectivity index (χ3n) is 4.12. The standard InChI is InChI=1S/C17H21N3O2S/c1-22-13-5-2-4-12(10-13)15-6-3-9-20(15)17(21)14-11-23-16(19-14)7-8-18/h2,4-5,10-11,15H,3,6-9,18H2,1H3. The fraction of sp³-hybridized carbons (Fsp3) is 0.412. The van der Waals surface area contributed by atoms with Gasteiger partial charge in [0.15, 0.2) is 0 Å². The quantitative estimate of drug-likeness (QED) is 0.914. The topological polar surface area (TPSA) is 68.5 Å². The van der Waals surface area contributed by atoms with E-state index in [2.05, 4.69) is 11.1 Å². The summed E-state index contributed by atoms with van der Waals surface area (Å²) >= 11 is 1.51. The normalized spacial score (nSPS) is 17.5. The summed E-state index contributed by atoms with van der Waals surface area (Å²) in [5.74, 6) is 0.829. The Labute approximate surface area is 140 Å². The van der Waals surface area contributed by atoms with Crippen molar-refractivity contribution in [2.75, 3.05) is 20.2 Å². The highest BCUT2D eigenvalue weighted by Gasteiger charge is 2.31. The zero-order valence-corrected chi connectivity index (χ0v) is 14.0. The first-order valence-corrected chi connectivity index (χ1v) is 8.70. The lowest BCUT2D eigenvalue weighted by Crippen LogP contribution is -2.30. The summed E-state index contributed by atoms with van der Waals surface area (Å²) < 4.78 is 5.30. The van der Waals surface area contributed by atoms with Gasteiger partial charge in [-0.2, -0.15) is 0 Å². The zero-order chi connectivity index (χ0) is 16.2. The van der Waals surface area contributed by atoms with Crippen LogP contribution in [0.4, 0.5) is 0 Å². The zero-order valence-electron chi connectivity index (χ0n) is 13.2. The van der Waals surface area contributed by atoms with Crippen molar-refractivity contribution in [2.24, 2.45) is 5.73 Å². The van der Waals surface area contributed by atoms with Crippen molar-refractivity contribution < 1.29 is 9.53 Å². The Balaban J connectivity index is 1.81. The minimum atomic E-state index is 0.00911. The van der Waals surface area contributed by atoms with Crippen LogP contribution >= 0.6 is 11.3 Å². The molecule has 1 aromatic heterocycles. The molecule has 2 heterocycles. The number of amides is 1. The predicted octanol–water partition coefficient (Wildman–Crippen LogP) is 2.63. The van der Waals surface area contributed by atoms with Gasteiger partial charge in [-0.15, -0.1) is 11.3 Å². The lowest BCUT2D eigenvalue weighted by Gasteiger charge is -2.24. The van der Waals surface area contributed by atoms with Gasteiger partial charge in [-0.25, -0.2) is 4.98 Å². The molecule has 0 bridgehead atoms. The monoisotopic (exact) mass is 331 g/mol. The second kappa shape index (κ2) is 7.10. The van der Waals surface area contributed by atoms with Crippen LogP contribution in [0.15, 0.2) is 29.6 Å². The second-order valence-electron chi connectivity index (χ2n) is 5.60. The number of hydrogen-bond donors (Lipinski definition) is 1. The van der Waals surface area contributed by atoms with Gasteiger partial charge in [0.25, 0.3) is 5.91 Å². The van der Waals surface area contributed by atoms with Crippen molar-refractivity contribution in [1.82, 2.24) is 9.88 Å². The third-order valence-corrected chi connectivity index (χ3v) is 5.03. The summed E-state index contributed by atoms with van der Waals surface area (Å²) in [5, 5.41) is 2.77. The largest absolute Gasteiger partial charge is 0.497 e. The number of likely N-dealkylation sites (tertiary alicyclic amines) is 1. The van der Waals surface area contributed by atoms with E-state index in [-0.39, 0.29) is 11.9 Å². The number of benzene rings is 1. The lowest BCUT2D eigenvalue weighted by atomic mass is 10.0. The molecule has 0 radical (unpaired) electrons. The van der Waals surface area contributed by atoms with Crippen LogP contribution in [0.3, 0.4) is 0 Å². The summed E-state index contributed by atoms with van der Waals surface area (Å²) in [6, 6.07) is 8.05. The smallest absolute Gasteiger partial charge is 0.273 e. The van der Waals surface area contributed by atoms with Gasteiger partial charge in [-0.3, -0.25) is 4.79 Å². The van der Waals surface area contributed by atoms with Crippen molar-refractivity contribution in [3.63, 3.8) is 0 Å². The molecule has 122 valence electrons. The van der Waals surface area contributed by atoms with E-state index in [1.54, 1.807) is 7.11 Å². The van der Waals surface area contributed by atoms with Crippen LogP contribution in [0.1, 0.15) is 39.9 Å². The number of methoxy groups -OCH3 is 1. The highest BCUT2D eigenvalue weighted by atomic mass is 32.1. The molecule has 1 aliphatic rings. The average Bonchev–Trinajstić information content (AvgIpc) is 3.24. The van der Waals surface area contributed by atoms with Gasteiger partial charge < -0.3 is 15.4 Å². The fourth-order valence-corrected chi connectivity index (χ4v) is 3.79. The van der Waals surface area contributed by atoms with E-state index in [0.29, 0.717) is 12.2 Å². The first-order chi connectivity index (χ1) is 11.2. The van der Waals surface area contributed by atoms with Crippen LogP contribution < -0.4 is 10.5 Å². The summed E-state index contributed by atoms with van der Waals surface area (Å²) in [4.78, 5) is 19.2. The number of thiazole rings is 1. The molecule has 1 atom stereocenters. The Morgan fingerprint density at radius 1 is 1.52 bits per heavy atom. The number of nitrogens with two attached hydrogens (primary N) is 1. The van der Waals surface area contributed by atoms with Gasteiger partial charge in [0.2, 0.25) is 0 Å². The second-order valence-corrected chi connectivity index (χ2v) is 6.54. The molecule has 0 aliphatic carbocycles. The number of nitrogens with zero attached hydrogens (tertiary/aromatic N) is 2. The highest BCUT2D eigenvalue weighted by molar-refractivity contribution is 7.09. The first-order valence-electron chi connectivity index (χ1n) is 7.82. The molecule has 1 unspecified atom stereocenters. The van der Waals surface area contributed by atoms with Crippen LogP contribution in [0.25, 0.3) is 0 Å². The van der Waals surface area contributed by atoms with Crippen LogP contribution in [0.2, 0.25) is 0 Å². The van der Waals surface area contributed by atoms with Crippen molar-refractivity contribution in [3.05, 3.63) is 45.9 Å². The molecule has 1 saturated heterocycles. The van der Waals surface area contributed by atoms with Crippen LogP contribution in [-0.2, 0) is 6.42 Å². The van der Waals surface area contributed by atoms with E-state index >= 15 is 0 Å². The molecule has 1 aromatic carbocycles. The predicted molar refractivity (Wildman–Crippen MR) is 90.9 cm³/mol. The number of rotatable bonds is 5. The summed E-state index contributed by atoms with van der Waals surface area (Å²) in [5.41, 5.74) is 7.21. The van der Waals surface area contributed by atoms with E-state index in [0.717, 1.165) is 42.1 Å². The maximum atomic E-state index is 12.8. The van der Waals surface area contributed by atoms with Crippen LogP contribution in [-0.4, -0.2) is 36.0 Å². The molecular formula is C17H21N3O2S. The molecule has 0 spiro atoms. The minimum absolute atomic E-state index is 0.00911. The number of hydrogen-bond acceptors (Lipinski definition) is 5. The summed E-state index contributed by atoms with van der Waals surface area (Å²) in [6.07, 6.45) is 2.70. The Morgan fingerprint density at radius 3 is 3.17 bits per heavy atom. The Bertz CT molecular complexity index is 686. The van der Waals surface area contributed by atoms with Gasteiger partial charge in [0.05, 0.1) is 18.2 Å².